The van der Waals surface area contributed by atoms with Crippen LogP contribution in [0.25, 0.3) is 0 Å². The highest BCUT2D eigenvalue weighted by molar-refractivity contribution is 9.10. The van der Waals surface area contributed by atoms with Gasteiger partial charge in [0, 0.05) is 20.2 Å². The van der Waals surface area contributed by atoms with Crippen LogP contribution in [0.3, 0.4) is 0 Å². The van der Waals surface area contributed by atoms with Gasteiger partial charge in [-0.15, -0.1) is 0 Å². The highest BCUT2D eigenvalue weighted by atomic mass is 79.9. The molecule has 0 bridgehead atoms. The molecule has 0 spiro atoms. The second-order valence-corrected chi connectivity index (χ2v) is 3.89. The van der Waals surface area contributed by atoms with E-state index in [4.69, 9.17) is 14.3 Å². The standard InChI is InChI=1S/C10H14BrNO4/c1-15-7-5-12(4-6-13)10(14)8-2-3-9(11)16-8/h2-3,13H,4-7H2,1H3. The van der Waals surface area contributed by atoms with Crippen LogP contribution in [0.5, 0.6) is 0 Å². The molecule has 0 unspecified atom stereocenters. The average molecular weight is 292 g/mol. The molecule has 1 amide bonds. The van der Waals surface area contributed by atoms with Crippen molar-refractivity contribution >= 4 is 21.8 Å². The SMILES string of the molecule is COCCN(CCO)C(=O)c1ccc(Br)o1. The number of methoxy groups -OCH3 is 1. The van der Waals surface area contributed by atoms with Gasteiger partial charge in [-0.05, 0) is 28.1 Å². The zero-order chi connectivity index (χ0) is 12.0. The van der Waals surface area contributed by atoms with Gasteiger partial charge in [0.25, 0.3) is 5.91 Å². The van der Waals surface area contributed by atoms with Crippen molar-refractivity contribution in [2.45, 2.75) is 0 Å². The van der Waals surface area contributed by atoms with Gasteiger partial charge in [0.15, 0.2) is 10.4 Å². The van der Waals surface area contributed by atoms with Crippen LogP contribution in [0.2, 0.25) is 0 Å². The molecule has 0 radical (unpaired) electrons. The number of rotatable bonds is 6. The summed E-state index contributed by atoms with van der Waals surface area (Å²) in [5.74, 6) is -0.00627. The number of halogens is 1. The molecule has 0 aliphatic rings. The molecule has 0 saturated carbocycles. The maximum absolute atomic E-state index is 11.9. The van der Waals surface area contributed by atoms with E-state index in [1.807, 2.05) is 0 Å². The summed E-state index contributed by atoms with van der Waals surface area (Å²) in [6.45, 7) is 1.03. The minimum atomic E-state index is -0.253. The van der Waals surface area contributed by atoms with Gasteiger partial charge in [-0.25, -0.2) is 0 Å². The number of nitrogens with zero attached hydrogens (tertiary/aromatic N) is 1. The first-order valence-electron chi connectivity index (χ1n) is 4.83. The topological polar surface area (TPSA) is 62.9 Å². The molecule has 0 saturated heterocycles. The third-order valence-electron chi connectivity index (χ3n) is 2.01. The van der Waals surface area contributed by atoms with E-state index >= 15 is 0 Å². The molecule has 0 aliphatic carbocycles. The summed E-state index contributed by atoms with van der Waals surface area (Å²) in [6.07, 6.45) is 0. The Hall–Kier alpha value is -0.850. The van der Waals surface area contributed by atoms with Gasteiger partial charge in [-0.3, -0.25) is 4.79 Å². The number of carbonyl (C=O) groups is 1. The summed E-state index contributed by atoms with van der Waals surface area (Å²) in [7, 11) is 1.56. The fraction of sp³-hybridized carbons (Fsp3) is 0.500. The second kappa shape index (κ2) is 6.67. The van der Waals surface area contributed by atoms with E-state index in [0.29, 0.717) is 17.8 Å². The van der Waals surface area contributed by atoms with Crippen LogP contribution in [0.4, 0.5) is 0 Å². The van der Waals surface area contributed by atoms with Crippen molar-refractivity contribution in [1.29, 1.82) is 0 Å². The Balaban J connectivity index is 2.66. The molecule has 1 N–H and O–H groups in total. The third-order valence-corrected chi connectivity index (χ3v) is 2.43. The summed E-state index contributed by atoms with van der Waals surface area (Å²) >= 11 is 3.13. The molecule has 1 aromatic rings. The number of hydrogen-bond acceptors (Lipinski definition) is 4. The minimum Gasteiger partial charge on any atom is -0.444 e. The Morgan fingerprint density at radius 3 is 2.81 bits per heavy atom. The fourth-order valence-corrected chi connectivity index (χ4v) is 1.53. The zero-order valence-electron chi connectivity index (χ0n) is 8.98. The predicted molar refractivity (Wildman–Crippen MR) is 61.3 cm³/mol. The minimum absolute atomic E-state index is 0.0860. The molecular formula is C10H14BrNO4. The van der Waals surface area contributed by atoms with Gasteiger partial charge in [-0.2, -0.15) is 0 Å². The predicted octanol–water partition coefficient (Wildman–Crippen LogP) is 1.12. The molecule has 6 heteroatoms. The van der Waals surface area contributed by atoms with Crippen LogP contribution < -0.4 is 0 Å². The number of aliphatic hydroxyl groups is 1. The molecule has 1 rings (SSSR count). The normalized spacial score (nSPS) is 10.4. The van der Waals surface area contributed by atoms with E-state index < -0.39 is 0 Å². The van der Waals surface area contributed by atoms with Gasteiger partial charge in [0.2, 0.25) is 0 Å². The molecule has 90 valence electrons. The van der Waals surface area contributed by atoms with Crippen molar-refractivity contribution < 1.29 is 19.1 Å². The molecule has 0 fully saturated rings. The summed E-state index contributed by atoms with van der Waals surface area (Å²) in [5.41, 5.74) is 0. The largest absolute Gasteiger partial charge is 0.444 e. The van der Waals surface area contributed by atoms with E-state index in [1.54, 1.807) is 19.2 Å². The fourth-order valence-electron chi connectivity index (χ4n) is 1.22. The first-order chi connectivity index (χ1) is 7.69. The summed E-state index contributed by atoms with van der Waals surface area (Å²) < 4.78 is 10.6. The molecule has 16 heavy (non-hydrogen) atoms. The van der Waals surface area contributed by atoms with Crippen LogP contribution >= 0.6 is 15.9 Å². The van der Waals surface area contributed by atoms with Crippen LogP contribution in [0.1, 0.15) is 10.6 Å². The number of hydrogen-bond donors (Lipinski definition) is 1. The highest BCUT2D eigenvalue weighted by Gasteiger charge is 2.18. The quantitative estimate of drug-likeness (QED) is 0.853. The molecular weight excluding hydrogens is 278 g/mol. The first kappa shape index (κ1) is 13.2. The Morgan fingerprint density at radius 2 is 2.31 bits per heavy atom. The van der Waals surface area contributed by atoms with Crippen molar-refractivity contribution in [3.05, 3.63) is 22.6 Å². The Morgan fingerprint density at radius 1 is 1.56 bits per heavy atom. The lowest BCUT2D eigenvalue weighted by atomic mass is 10.3. The monoisotopic (exact) mass is 291 g/mol. The summed E-state index contributed by atoms with van der Waals surface area (Å²) in [6, 6.07) is 3.24. The first-order valence-corrected chi connectivity index (χ1v) is 5.62. The van der Waals surface area contributed by atoms with Crippen LogP contribution in [-0.2, 0) is 4.74 Å². The number of carbonyl (C=O) groups excluding carboxylic acids is 1. The lowest BCUT2D eigenvalue weighted by Gasteiger charge is -2.19. The Kier molecular flexibility index (Phi) is 5.51. The van der Waals surface area contributed by atoms with Crippen molar-refractivity contribution in [1.82, 2.24) is 4.90 Å². The van der Waals surface area contributed by atoms with E-state index in [9.17, 15) is 4.79 Å². The van der Waals surface area contributed by atoms with Crippen LogP contribution in [0, 0.1) is 0 Å². The maximum atomic E-state index is 11.9. The van der Waals surface area contributed by atoms with Crippen molar-refractivity contribution in [2.24, 2.45) is 0 Å². The van der Waals surface area contributed by atoms with Crippen LogP contribution in [0.15, 0.2) is 21.2 Å². The van der Waals surface area contributed by atoms with Gasteiger partial charge >= 0.3 is 0 Å². The molecule has 0 aliphatic heterocycles. The molecule has 5 nitrogen and oxygen atoms in total. The highest BCUT2D eigenvalue weighted by Crippen LogP contribution is 2.15. The van der Waals surface area contributed by atoms with Crippen molar-refractivity contribution in [3.8, 4) is 0 Å². The summed E-state index contributed by atoms with van der Waals surface area (Å²) in [5, 5.41) is 8.86. The van der Waals surface area contributed by atoms with Gasteiger partial charge in [0.1, 0.15) is 0 Å². The average Bonchev–Trinajstić information content (AvgIpc) is 2.70. The van der Waals surface area contributed by atoms with Crippen molar-refractivity contribution in [3.63, 3.8) is 0 Å². The Labute approximate surface area is 102 Å². The maximum Gasteiger partial charge on any atom is 0.289 e. The van der Waals surface area contributed by atoms with Gasteiger partial charge in [0.05, 0.1) is 13.2 Å². The third kappa shape index (κ3) is 3.62. The van der Waals surface area contributed by atoms with E-state index in [1.165, 1.54) is 4.90 Å². The number of furan rings is 1. The Bertz CT molecular complexity index is 339. The van der Waals surface area contributed by atoms with Crippen molar-refractivity contribution in [2.75, 3.05) is 33.4 Å². The second-order valence-electron chi connectivity index (χ2n) is 3.11. The summed E-state index contributed by atoms with van der Waals surface area (Å²) in [4.78, 5) is 13.4. The molecule has 1 heterocycles. The molecule has 0 atom stereocenters. The van der Waals surface area contributed by atoms with Crippen LogP contribution in [-0.4, -0.2) is 49.3 Å². The van der Waals surface area contributed by atoms with Gasteiger partial charge < -0.3 is 19.2 Å². The van der Waals surface area contributed by atoms with E-state index in [0.717, 1.165) is 0 Å². The number of aliphatic hydroxyl groups excluding tert-OH is 1. The van der Waals surface area contributed by atoms with E-state index in [-0.39, 0.29) is 24.8 Å². The zero-order valence-corrected chi connectivity index (χ0v) is 10.6. The number of ether oxygens (including phenoxy) is 1. The molecule has 1 aromatic heterocycles. The van der Waals surface area contributed by atoms with Gasteiger partial charge in [-0.1, -0.05) is 0 Å². The van der Waals surface area contributed by atoms with E-state index in [2.05, 4.69) is 15.9 Å². The smallest absolute Gasteiger partial charge is 0.289 e. The molecule has 0 aromatic carbocycles. The number of amides is 1. The lowest BCUT2D eigenvalue weighted by molar-refractivity contribution is 0.0625. The lowest BCUT2D eigenvalue weighted by Crippen LogP contribution is -2.35.